The van der Waals surface area contributed by atoms with E-state index >= 15 is 0 Å². The average Bonchev–Trinajstić information content (AvgIpc) is 3.29. The standard InChI is InChI=1S/C31H34FN5O3/c1-2-16-35(31(40)33-19-24-12-7-4-8-13-24)36-22-29(38)37-27(18-23-10-5-3-6-11-23)30(39)34(21-28(36)37)20-25-14-9-15-26(32)17-25/h3-15,17,27-28H,2,16,18-22H2,1H3,(H,33,40)/t27-,28+/m0/s1. The summed E-state index contributed by atoms with van der Waals surface area (Å²) in [5.74, 6) is -0.747. The van der Waals surface area contributed by atoms with Gasteiger partial charge in [-0.3, -0.25) is 14.6 Å². The summed E-state index contributed by atoms with van der Waals surface area (Å²) >= 11 is 0. The molecule has 9 heteroatoms. The summed E-state index contributed by atoms with van der Waals surface area (Å²) < 4.78 is 14.0. The molecular weight excluding hydrogens is 509 g/mol. The topological polar surface area (TPSA) is 76.2 Å². The number of urea groups is 1. The molecule has 2 aliphatic heterocycles. The minimum Gasteiger partial charge on any atom is -0.333 e. The zero-order valence-electron chi connectivity index (χ0n) is 22.6. The number of piperazine rings is 1. The Morgan fingerprint density at radius 1 is 0.950 bits per heavy atom. The van der Waals surface area contributed by atoms with Crippen molar-refractivity contribution in [2.75, 3.05) is 19.6 Å². The molecule has 2 aliphatic rings. The molecular formula is C31H34FN5O3. The molecule has 2 heterocycles. The summed E-state index contributed by atoms with van der Waals surface area (Å²) in [7, 11) is 0. The summed E-state index contributed by atoms with van der Waals surface area (Å²) in [4.78, 5) is 44.1. The van der Waals surface area contributed by atoms with Crippen molar-refractivity contribution >= 4 is 17.8 Å². The van der Waals surface area contributed by atoms with Crippen LogP contribution in [0.15, 0.2) is 84.9 Å². The van der Waals surface area contributed by atoms with Crippen molar-refractivity contribution in [2.24, 2.45) is 0 Å². The van der Waals surface area contributed by atoms with Gasteiger partial charge in [-0.25, -0.2) is 9.18 Å². The number of hydrazine groups is 1. The van der Waals surface area contributed by atoms with E-state index < -0.39 is 12.2 Å². The van der Waals surface area contributed by atoms with Crippen LogP contribution in [0.2, 0.25) is 0 Å². The van der Waals surface area contributed by atoms with Crippen LogP contribution in [-0.4, -0.2) is 69.5 Å². The number of carbonyl (C=O) groups excluding carboxylic acids is 3. The predicted molar refractivity (Wildman–Crippen MR) is 149 cm³/mol. The molecule has 5 rings (SSSR count). The minimum absolute atomic E-state index is 0.00417. The van der Waals surface area contributed by atoms with E-state index in [1.165, 1.54) is 12.1 Å². The fourth-order valence-corrected chi connectivity index (χ4v) is 5.51. The fourth-order valence-electron chi connectivity index (χ4n) is 5.51. The van der Waals surface area contributed by atoms with Crippen LogP contribution in [0.25, 0.3) is 0 Å². The Morgan fingerprint density at radius 3 is 2.30 bits per heavy atom. The zero-order chi connectivity index (χ0) is 28.1. The molecule has 0 aromatic heterocycles. The lowest BCUT2D eigenvalue weighted by atomic mass is 10.00. The van der Waals surface area contributed by atoms with E-state index in [1.807, 2.05) is 67.6 Å². The second kappa shape index (κ2) is 12.3. The van der Waals surface area contributed by atoms with Gasteiger partial charge in [-0.2, -0.15) is 5.01 Å². The van der Waals surface area contributed by atoms with Gasteiger partial charge in [-0.05, 0) is 35.2 Å². The molecule has 1 N–H and O–H groups in total. The third-order valence-corrected chi connectivity index (χ3v) is 7.37. The Hall–Kier alpha value is -4.24. The number of carbonyl (C=O) groups is 3. The number of hydrogen-bond acceptors (Lipinski definition) is 4. The van der Waals surface area contributed by atoms with Gasteiger partial charge in [0.1, 0.15) is 18.0 Å². The smallest absolute Gasteiger partial charge is 0.332 e. The first-order valence-electron chi connectivity index (χ1n) is 13.7. The van der Waals surface area contributed by atoms with Crippen molar-refractivity contribution in [3.8, 4) is 0 Å². The van der Waals surface area contributed by atoms with E-state index in [-0.39, 0.29) is 43.3 Å². The number of nitrogens with zero attached hydrogens (tertiary/aromatic N) is 4. The minimum atomic E-state index is -0.733. The summed E-state index contributed by atoms with van der Waals surface area (Å²) in [6.45, 7) is 3.17. The summed E-state index contributed by atoms with van der Waals surface area (Å²) in [6, 6.07) is 24.4. The van der Waals surface area contributed by atoms with Crippen molar-refractivity contribution in [1.82, 2.24) is 25.1 Å². The second-order valence-electron chi connectivity index (χ2n) is 10.2. The molecule has 0 unspecified atom stereocenters. The highest BCUT2D eigenvalue weighted by atomic mass is 19.1. The number of halogens is 1. The number of fused-ring (bicyclic) bond motifs is 1. The maximum atomic E-state index is 14.0. The highest BCUT2D eigenvalue weighted by Crippen LogP contribution is 2.30. The van der Waals surface area contributed by atoms with E-state index in [9.17, 15) is 18.8 Å². The summed E-state index contributed by atoms with van der Waals surface area (Å²) in [6.07, 6.45) is 0.514. The van der Waals surface area contributed by atoms with Gasteiger partial charge < -0.3 is 15.1 Å². The lowest BCUT2D eigenvalue weighted by Crippen LogP contribution is -2.66. The Labute approximate surface area is 233 Å². The second-order valence-corrected chi connectivity index (χ2v) is 10.2. The molecule has 2 atom stereocenters. The van der Waals surface area contributed by atoms with E-state index in [0.717, 1.165) is 11.1 Å². The lowest BCUT2D eigenvalue weighted by Gasteiger charge is -2.46. The number of rotatable bonds is 9. The molecule has 0 saturated carbocycles. The van der Waals surface area contributed by atoms with Crippen LogP contribution in [0.3, 0.4) is 0 Å². The van der Waals surface area contributed by atoms with Gasteiger partial charge in [0, 0.05) is 26.1 Å². The van der Waals surface area contributed by atoms with Crippen LogP contribution in [-0.2, 0) is 29.1 Å². The summed E-state index contributed by atoms with van der Waals surface area (Å²) in [5, 5.41) is 6.37. The van der Waals surface area contributed by atoms with Crippen molar-refractivity contribution in [1.29, 1.82) is 0 Å². The molecule has 3 aromatic rings. The molecule has 0 aliphatic carbocycles. The maximum Gasteiger partial charge on any atom is 0.332 e. The van der Waals surface area contributed by atoms with Gasteiger partial charge in [0.2, 0.25) is 11.8 Å². The Kier molecular flexibility index (Phi) is 8.40. The van der Waals surface area contributed by atoms with E-state index in [1.54, 1.807) is 32.0 Å². The normalized spacial score (nSPS) is 19.1. The molecule has 0 spiro atoms. The molecule has 2 saturated heterocycles. The number of amides is 4. The van der Waals surface area contributed by atoms with Crippen LogP contribution < -0.4 is 5.32 Å². The van der Waals surface area contributed by atoms with Gasteiger partial charge in [-0.1, -0.05) is 79.7 Å². The fraction of sp³-hybridized carbons (Fsp3) is 0.323. The molecule has 0 bridgehead atoms. The molecule has 4 amide bonds. The maximum absolute atomic E-state index is 14.0. The average molecular weight is 544 g/mol. The van der Waals surface area contributed by atoms with Crippen LogP contribution in [0.4, 0.5) is 9.18 Å². The first-order chi connectivity index (χ1) is 19.4. The van der Waals surface area contributed by atoms with E-state index in [0.29, 0.717) is 31.5 Å². The number of hydrogen-bond donors (Lipinski definition) is 1. The molecule has 8 nitrogen and oxygen atoms in total. The summed E-state index contributed by atoms with van der Waals surface area (Å²) in [5.41, 5.74) is 2.57. The first kappa shape index (κ1) is 27.3. The van der Waals surface area contributed by atoms with Crippen LogP contribution in [0.5, 0.6) is 0 Å². The SMILES string of the molecule is CCCN(C(=O)NCc1ccccc1)N1CC(=O)N2[C@@H](Cc3ccccc3)C(=O)N(Cc3cccc(F)c3)C[C@@H]21. The van der Waals surface area contributed by atoms with Gasteiger partial charge in [0.05, 0.1) is 13.1 Å². The Morgan fingerprint density at radius 2 is 1.62 bits per heavy atom. The van der Waals surface area contributed by atoms with Crippen LogP contribution >= 0.6 is 0 Å². The quantitative estimate of drug-likeness (QED) is 0.446. The monoisotopic (exact) mass is 543 g/mol. The molecule has 40 heavy (non-hydrogen) atoms. The third-order valence-electron chi connectivity index (χ3n) is 7.37. The third kappa shape index (κ3) is 5.99. The lowest BCUT2D eigenvalue weighted by molar-refractivity contribution is -0.157. The van der Waals surface area contributed by atoms with Gasteiger partial charge in [0.15, 0.2) is 0 Å². The number of nitrogens with one attached hydrogen (secondary N) is 1. The Balaban J connectivity index is 1.42. The van der Waals surface area contributed by atoms with Gasteiger partial charge in [0.25, 0.3) is 0 Å². The zero-order valence-corrected chi connectivity index (χ0v) is 22.6. The van der Waals surface area contributed by atoms with Crippen LogP contribution in [0, 0.1) is 5.82 Å². The van der Waals surface area contributed by atoms with E-state index in [4.69, 9.17) is 0 Å². The highest BCUT2D eigenvalue weighted by Gasteiger charge is 2.52. The van der Waals surface area contributed by atoms with E-state index in [2.05, 4.69) is 5.32 Å². The van der Waals surface area contributed by atoms with Crippen molar-refractivity contribution in [3.63, 3.8) is 0 Å². The van der Waals surface area contributed by atoms with Crippen molar-refractivity contribution in [2.45, 2.75) is 45.1 Å². The van der Waals surface area contributed by atoms with Gasteiger partial charge in [-0.15, -0.1) is 0 Å². The molecule has 2 fully saturated rings. The molecule has 3 aromatic carbocycles. The Bertz CT molecular complexity index is 1340. The number of benzene rings is 3. The van der Waals surface area contributed by atoms with Gasteiger partial charge >= 0.3 is 6.03 Å². The largest absolute Gasteiger partial charge is 0.333 e. The first-order valence-corrected chi connectivity index (χ1v) is 13.7. The molecule has 0 radical (unpaired) electrons. The van der Waals surface area contributed by atoms with Crippen molar-refractivity contribution in [3.05, 3.63) is 107 Å². The highest BCUT2D eigenvalue weighted by molar-refractivity contribution is 5.91. The van der Waals surface area contributed by atoms with Crippen molar-refractivity contribution < 1.29 is 18.8 Å². The van der Waals surface area contributed by atoms with Crippen LogP contribution in [0.1, 0.15) is 30.0 Å². The molecule has 208 valence electrons. The predicted octanol–water partition coefficient (Wildman–Crippen LogP) is 3.79.